The van der Waals surface area contributed by atoms with Crippen LogP contribution in [0.2, 0.25) is 0 Å². The van der Waals surface area contributed by atoms with Crippen molar-refractivity contribution in [3.05, 3.63) is 51.7 Å². The van der Waals surface area contributed by atoms with Gasteiger partial charge in [0.15, 0.2) is 0 Å². The molecular weight excluding hydrogens is 317 g/mol. The average molecular weight is 335 g/mol. The summed E-state index contributed by atoms with van der Waals surface area (Å²) in [6.07, 6.45) is 0.439. The zero-order chi connectivity index (χ0) is 16.2. The molecule has 0 radical (unpaired) electrons. The number of aromatic nitrogens is 1. The van der Waals surface area contributed by atoms with E-state index in [0.29, 0.717) is 38.4 Å². The Bertz CT molecular complexity index is 674. The van der Waals surface area contributed by atoms with Crippen LogP contribution in [-0.4, -0.2) is 42.0 Å². The Morgan fingerprint density at radius 1 is 1.43 bits per heavy atom. The summed E-state index contributed by atoms with van der Waals surface area (Å²) in [5, 5.41) is 2.65. The third-order valence-corrected chi connectivity index (χ3v) is 4.63. The molecule has 1 atom stereocenters. The zero-order valence-electron chi connectivity index (χ0n) is 12.6. The van der Waals surface area contributed by atoms with Gasteiger partial charge in [-0.15, -0.1) is 11.3 Å². The molecule has 0 aliphatic carbocycles. The van der Waals surface area contributed by atoms with E-state index >= 15 is 0 Å². The van der Waals surface area contributed by atoms with Crippen molar-refractivity contribution in [1.29, 1.82) is 0 Å². The molecule has 1 unspecified atom stereocenters. The van der Waals surface area contributed by atoms with Crippen LogP contribution >= 0.6 is 11.3 Å². The number of ether oxygens (including phenoxy) is 1. The van der Waals surface area contributed by atoms with E-state index in [2.05, 4.69) is 4.98 Å². The molecule has 1 aromatic heterocycles. The van der Waals surface area contributed by atoms with Gasteiger partial charge in [-0.1, -0.05) is 12.1 Å². The summed E-state index contributed by atoms with van der Waals surface area (Å²) < 4.78 is 18.7. The van der Waals surface area contributed by atoms with Crippen molar-refractivity contribution in [3.8, 4) is 0 Å². The molecule has 0 bridgehead atoms. The number of rotatable bonds is 4. The normalized spacial score (nSPS) is 18.2. The molecule has 1 fully saturated rings. The minimum Gasteiger partial charge on any atom is -0.370 e. The molecule has 1 saturated heterocycles. The van der Waals surface area contributed by atoms with Crippen LogP contribution in [0, 0.1) is 5.82 Å². The van der Waals surface area contributed by atoms with Gasteiger partial charge >= 0.3 is 0 Å². The first kappa shape index (κ1) is 16.0. The van der Waals surface area contributed by atoms with Gasteiger partial charge in [0.2, 0.25) is 0 Å². The lowest BCUT2D eigenvalue weighted by Crippen LogP contribution is -2.42. The van der Waals surface area contributed by atoms with E-state index < -0.39 is 0 Å². The van der Waals surface area contributed by atoms with Crippen LogP contribution in [0.4, 0.5) is 4.39 Å². The van der Waals surface area contributed by atoms with Gasteiger partial charge in [0, 0.05) is 18.3 Å². The molecule has 23 heavy (non-hydrogen) atoms. The lowest BCUT2D eigenvalue weighted by molar-refractivity contribution is -0.0230. The average Bonchev–Trinajstić information content (AvgIpc) is 3.04. The fourth-order valence-electron chi connectivity index (χ4n) is 2.52. The Morgan fingerprint density at radius 2 is 2.22 bits per heavy atom. The van der Waals surface area contributed by atoms with Crippen LogP contribution in [0.25, 0.3) is 0 Å². The topological polar surface area (TPSA) is 68.5 Å². The summed E-state index contributed by atoms with van der Waals surface area (Å²) in [7, 11) is 0. The highest BCUT2D eigenvalue weighted by atomic mass is 32.1. The monoisotopic (exact) mass is 335 g/mol. The summed E-state index contributed by atoms with van der Waals surface area (Å²) in [5.74, 6) is -0.382. The lowest BCUT2D eigenvalue weighted by Gasteiger charge is -2.32. The second kappa shape index (κ2) is 7.16. The van der Waals surface area contributed by atoms with Crippen LogP contribution < -0.4 is 5.73 Å². The van der Waals surface area contributed by atoms with Gasteiger partial charge in [0.05, 0.1) is 18.2 Å². The lowest BCUT2D eigenvalue weighted by atomic mass is 10.1. The van der Waals surface area contributed by atoms with Crippen LogP contribution in [0.15, 0.2) is 29.6 Å². The van der Waals surface area contributed by atoms with Gasteiger partial charge in [-0.25, -0.2) is 9.37 Å². The number of nitrogens with zero attached hydrogens (tertiary/aromatic N) is 2. The second-order valence-corrected chi connectivity index (χ2v) is 6.27. The van der Waals surface area contributed by atoms with Crippen LogP contribution in [0.5, 0.6) is 0 Å². The Balaban J connectivity index is 1.69. The molecule has 1 aromatic carbocycles. The van der Waals surface area contributed by atoms with E-state index in [-0.39, 0.29) is 17.8 Å². The number of carbonyl (C=O) groups excluding carboxylic acids is 1. The van der Waals surface area contributed by atoms with Crippen LogP contribution in [0.1, 0.15) is 27.2 Å². The number of nitrogens with two attached hydrogens (primary N) is 1. The Labute approximate surface area is 137 Å². The molecule has 2 heterocycles. The van der Waals surface area contributed by atoms with E-state index in [0.717, 1.165) is 10.6 Å². The van der Waals surface area contributed by atoms with Gasteiger partial charge in [0.25, 0.3) is 5.91 Å². The summed E-state index contributed by atoms with van der Waals surface area (Å²) in [6.45, 7) is 1.94. The van der Waals surface area contributed by atoms with E-state index in [1.165, 1.54) is 23.5 Å². The summed E-state index contributed by atoms with van der Waals surface area (Å²) >= 11 is 1.45. The first-order chi connectivity index (χ1) is 11.2. The van der Waals surface area contributed by atoms with Gasteiger partial charge in [0.1, 0.15) is 17.6 Å². The van der Waals surface area contributed by atoms with Crippen molar-refractivity contribution >= 4 is 17.2 Å². The second-order valence-electron chi connectivity index (χ2n) is 5.33. The fraction of sp³-hybridized carbons (Fsp3) is 0.375. The van der Waals surface area contributed by atoms with Crippen LogP contribution in [0.3, 0.4) is 0 Å². The molecule has 122 valence electrons. The maximum Gasteiger partial charge on any atom is 0.273 e. The largest absolute Gasteiger partial charge is 0.370 e. The van der Waals surface area contributed by atoms with E-state index in [4.69, 9.17) is 10.5 Å². The zero-order valence-corrected chi connectivity index (χ0v) is 13.4. The quantitative estimate of drug-likeness (QED) is 0.928. The SMILES string of the molecule is NCCc1nc(C(=O)N2CCOC(c3ccc(F)cc3)C2)cs1. The Morgan fingerprint density at radius 3 is 2.96 bits per heavy atom. The Kier molecular flexibility index (Phi) is 5.00. The number of hydrogen-bond donors (Lipinski definition) is 1. The van der Waals surface area contributed by atoms with E-state index in [9.17, 15) is 9.18 Å². The van der Waals surface area contributed by atoms with Gasteiger partial charge in [-0.3, -0.25) is 4.79 Å². The van der Waals surface area contributed by atoms with Gasteiger partial charge in [-0.2, -0.15) is 0 Å². The predicted octanol–water partition coefficient (Wildman–Crippen LogP) is 2.00. The smallest absolute Gasteiger partial charge is 0.273 e. The highest BCUT2D eigenvalue weighted by Gasteiger charge is 2.27. The number of benzene rings is 1. The molecule has 1 aliphatic rings. The Hall–Kier alpha value is -1.83. The van der Waals surface area contributed by atoms with E-state index in [1.54, 1.807) is 22.4 Å². The van der Waals surface area contributed by atoms with Crippen LogP contribution in [-0.2, 0) is 11.2 Å². The van der Waals surface area contributed by atoms with Crippen molar-refractivity contribution in [2.75, 3.05) is 26.2 Å². The molecule has 1 amide bonds. The number of carbonyl (C=O) groups is 1. The highest BCUT2D eigenvalue weighted by molar-refractivity contribution is 7.09. The molecule has 0 saturated carbocycles. The van der Waals surface area contributed by atoms with Crippen molar-refractivity contribution in [1.82, 2.24) is 9.88 Å². The predicted molar refractivity (Wildman–Crippen MR) is 85.9 cm³/mol. The highest BCUT2D eigenvalue weighted by Crippen LogP contribution is 2.24. The molecule has 5 nitrogen and oxygen atoms in total. The van der Waals surface area contributed by atoms with Crippen molar-refractivity contribution < 1.29 is 13.9 Å². The van der Waals surface area contributed by atoms with Gasteiger partial charge in [-0.05, 0) is 24.2 Å². The summed E-state index contributed by atoms with van der Waals surface area (Å²) in [5.41, 5.74) is 6.83. The maximum atomic E-state index is 13.0. The third kappa shape index (κ3) is 3.74. The fourth-order valence-corrected chi connectivity index (χ4v) is 3.31. The first-order valence-corrected chi connectivity index (χ1v) is 8.36. The minimum absolute atomic E-state index is 0.0973. The molecule has 7 heteroatoms. The molecule has 3 rings (SSSR count). The van der Waals surface area contributed by atoms with Crippen molar-refractivity contribution in [2.24, 2.45) is 5.73 Å². The number of amides is 1. The molecule has 2 N–H and O–H groups in total. The molecule has 1 aliphatic heterocycles. The maximum absolute atomic E-state index is 13.0. The first-order valence-electron chi connectivity index (χ1n) is 7.48. The van der Waals surface area contributed by atoms with E-state index in [1.807, 2.05) is 0 Å². The van der Waals surface area contributed by atoms with Crippen molar-refractivity contribution in [3.63, 3.8) is 0 Å². The molecule has 0 spiro atoms. The number of halogens is 1. The molecular formula is C16H18FN3O2S. The molecule has 2 aromatic rings. The summed E-state index contributed by atoms with van der Waals surface area (Å²) in [4.78, 5) is 18.6. The standard InChI is InChI=1S/C16H18FN3O2S/c17-12-3-1-11(2-4-12)14-9-20(7-8-22-14)16(21)13-10-23-15(19-13)5-6-18/h1-4,10,14H,5-9,18H2. The van der Waals surface area contributed by atoms with Crippen molar-refractivity contribution in [2.45, 2.75) is 12.5 Å². The number of thiazole rings is 1. The number of hydrogen-bond acceptors (Lipinski definition) is 5. The third-order valence-electron chi connectivity index (χ3n) is 3.72. The summed E-state index contributed by atoms with van der Waals surface area (Å²) in [6, 6.07) is 6.18. The minimum atomic E-state index is -0.285. The number of morpholine rings is 1. The van der Waals surface area contributed by atoms with Gasteiger partial charge < -0.3 is 15.4 Å².